The molecule has 0 spiro atoms. The molecule has 0 bridgehead atoms. The zero-order valence-electron chi connectivity index (χ0n) is 14.6. The molecule has 2 atom stereocenters. The van der Waals surface area contributed by atoms with Crippen LogP contribution in [0.1, 0.15) is 42.1 Å². The lowest BCUT2D eigenvalue weighted by atomic mass is 9.90. The van der Waals surface area contributed by atoms with Gasteiger partial charge in [-0.05, 0) is 61.1 Å². The van der Waals surface area contributed by atoms with Crippen molar-refractivity contribution >= 4 is 5.97 Å². The molecular weight excluding hydrogens is 367 g/mol. The van der Waals surface area contributed by atoms with E-state index in [1.165, 1.54) is 25.1 Å². The van der Waals surface area contributed by atoms with Gasteiger partial charge in [0.05, 0.1) is 11.7 Å². The standard InChI is InChI=1S/C20H19F5O2/c1-11(21)4-2-5-13(22)10-16-14(6-3-7-15(16)20(26)27)12-8-17(23)19(25)18(24)9-12/h3,6-9,11,13H,2,4-5,10H2,1H3,(H,26,27). The minimum absolute atomic E-state index is 0.0216. The van der Waals surface area contributed by atoms with Crippen LogP contribution in [-0.2, 0) is 6.42 Å². The number of benzene rings is 2. The maximum absolute atomic E-state index is 14.4. The largest absolute Gasteiger partial charge is 0.478 e. The number of rotatable bonds is 8. The monoisotopic (exact) mass is 386 g/mol. The van der Waals surface area contributed by atoms with Gasteiger partial charge in [-0.2, -0.15) is 0 Å². The van der Waals surface area contributed by atoms with Crippen LogP contribution in [0, 0.1) is 17.5 Å². The number of carboxylic acids is 1. The maximum Gasteiger partial charge on any atom is 0.335 e. The molecule has 146 valence electrons. The predicted octanol–water partition coefficient (Wildman–Crippen LogP) is 5.88. The Kier molecular flexibility index (Phi) is 6.93. The van der Waals surface area contributed by atoms with Crippen LogP contribution in [-0.4, -0.2) is 23.4 Å². The average molecular weight is 386 g/mol. The third-order valence-corrected chi connectivity index (χ3v) is 4.25. The van der Waals surface area contributed by atoms with Crippen LogP contribution in [0.3, 0.4) is 0 Å². The first-order valence-corrected chi connectivity index (χ1v) is 8.49. The molecule has 2 unspecified atom stereocenters. The van der Waals surface area contributed by atoms with E-state index in [2.05, 4.69) is 0 Å². The fraction of sp³-hybridized carbons (Fsp3) is 0.350. The maximum atomic E-state index is 14.4. The quantitative estimate of drug-likeness (QED) is 0.455. The molecule has 0 aliphatic carbocycles. The van der Waals surface area contributed by atoms with Crippen molar-refractivity contribution in [2.45, 2.75) is 45.0 Å². The van der Waals surface area contributed by atoms with Crippen molar-refractivity contribution in [3.8, 4) is 11.1 Å². The summed E-state index contributed by atoms with van der Waals surface area (Å²) in [7, 11) is 0. The fourth-order valence-corrected chi connectivity index (χ4v) is 2.93. The normalized spacial score (nSPS) is 13.4. The first kappa shape index (κ1) is 20.9. The number of hydrogen-bond donors (Lipinski definition) is 1. The zero-order chi connectivity index (χ0) is 20.1. The van der Waals surface area contributed by atoms with E-state index in [0.29, 0.717) is 0 Å². The highest BCUT2D eigenvalue weighted by molar-refractivity contribution is 5.92. The second-order valence-electron chi connectivity index (χ2n) is 6.40. The SMILES string of the molecule is CC(F)CCCC(F)Cc1c(C(=O)O)cccc1-c1cc(F)c(F)c(F)c1. The molecule has 0 aromatic heterocycles. The lowest BCUT2D eigenvalue weighted by Gasteiger charge is -2.16. The molecule has 0 saturated carbocycles. The Hall–Kier alpha value is -2.44. The molecule has 0 aliphatic heterocycles. The van der Waals surface area contributed by atoms with Gasteiger partial charge in [0, 0.05) is 6.42 Å². The Morgan fingerprint density at radius 3 is 2.26 bits per heavy atom. The molecular formula is C20H19F5O2. The van der Waals surface area contributed by atoms with Gasteiger partial charge in [-0.1, -0.05) is 12.1 Å². The number of hydrogen-bond acceptors (Lipinski definition) is 1. The van der Waals surface area contributed by atoms with Gasteiger partial charge in [-0.15, -0.1) is 0 Å². The fourth-order valence-electron chi connectivity index (χ4n) is 2.93. The van der Waals surface area contributed by atoms with Gasteiger partial charge in [-0.3, -0.25) is 0 Å². The van der Waals surface area contributed by atoms with Gasteiger partial charge in [0.15, 0.2) is 17.5 Å². The Morgan fingerprint density at radius 1 is 1.07 bits per heavy atom. The molecule has 0 amide bonds. The number of carbonyl (C=O) groups is 1. The summed E-state index contributed by atoms with van der Waals surface area (Å²) in [6, 6.07) is 5.49. The van der Waals surface area contributed by atoms with Crippen LogP contribution in [0.5, 0.6) is 0 Å². The van der Waals surface area contributed by atoms with Gasteiger partial charge in [0.25, 0.3) is 0 Å². The van der Waals surface area contributed by atoms with Crippen molar-refractivity contribution in [1.29, 1.82) is 0 Å². The van der Waals surface area contributed by atoms with E-state index < -0.39 is 35.8 Å². The second-order valence-corrected chi connectivity index (χ2v) is 6.40. The molecule has 27 heavy (non-hydrogen) atoms. The molecule has 2 aromatic rings. The summed E-state index contributed by atoms with van der Waals surface area (Å²) in [5.74, 6) is -5.81. The minimum Gasteiger partial charge on any atom is -0.478 e. The van der Waals surface area contributed by atoms with Crippen molar-refractivity contribution < 1.29 is 31.9 Å². The van der Waals surface area contributed by atoms with Crippen molar-refractivity contribution in [3.05, 3.63) is 58.9 Å². The van der Waals surface area contributed by atoms with Gasteiger partial charge in [0.2, 0.25) is 0 Å². The van der Waals surface area contributed by atoms with E-state index in [4.69, 9.17) is 0 Å². The molecule has 0 saturated heterocycles. The molecule has 7 heteroatoms. The topological polar surface area (TPSA) is 37.3 Å². The number of alkyl halides is 2. The summed E-state index contributed by atoms with van der Waals surface area (Å²) in [4.78, 5) is 11.5. The lowest BCUT2D eigenvalue weighted by molar-refractivity contribution is 0.0695. The third-order valence-electron chi connectivity index (χ3n) is 4.25. The van der Waals surface area contributed by atoms with Crippen molar-refractivity contribution in [1.82, 2.24) is 0 Å². The van der Waals surface area contributed by atoms with E-state index >= 15 is 0 Å². The lowest BCUT2D eigenvalue weighted by Crippen LogP contribution is -2.12. The highest BCUT2D eigenvalue weighted by Crippen LogP contribution is 2.31. The van der Waals surface area contributed by atoms with E-state index in [9.17, 15) is 31.9 Å². The Bertz CT molecular complexity index is 797. The Morgan fingerprint density at radius 2 is 1.70 bits per heavy atom. The van der Waals surface area contributed by atoms with Crippen LogP contribution in [0.4, 0.5) is 22.0 Å². The van der Waals surface area contributed by atoms with Crippen molar-refractivity contribution in [3.63, 3.8) is 0 Å². The zero-order valence-corrected chi connectivity index (χ0v) is 14.6. The molecule has 0 radical (unpaired) electrons. The summed E-state index contributed by atoms with van der Waals surface area (Å²) < 4.78 is 67.6. The number of carboxylic acid groups (broad SMARTS) is 1. The van der Waals surface area contributed by atoms with Crippen LogP contribution in [0.15, 0.2) is 30.3 Å². The van der Waals surface area contributed by atoms with Crippen LogP contribution < -0.4 is 0 Å². The number of aromatic carboxylic acids is 1. The smallest absolute Gasteiger partial charge is 0.335 e. The molecule has 2 aromatic carbocycles. The minimum atomic E-state index is -1.64. The van der Waals surface area contributed by atoms with Crippen LogP contribution in [0.25, 0.3) is 11.1 Å². The molecule has 0 heterocycles. The van der Waals surface area contributed by atoms with Crippen LogP contribution >= 0.6 is 0 Å². The van der Waals surface area contributed by atoms with E-state index in [-0.39, 0.29) is 47.9 Å². The number of halogens is 5. The van der Waals surface area contributed by atoms with Gasteiger partial charge < -0.3 is 5.11 Å². The molecule has 0 aliphatic rings. The summed E-state index contributed by atoms with van der Waals surface area (Å²) >= 11 is 0. The molecule has 1 N–H and O–H groups in total. The summed E-state index contributed by atoms with van der Waals surface area (Å²) in [6.45, 7) is 1.36. The summed E-state index contributed by atoms with van der Waals surface area (Å²) in [5.41, 5.74) is -0.140. The van der Waals surface area contributed by atoms with E-state index in [1.807, 2.05) is 0 Å². The highest BCUT2D eigenvalue weighted by Gasteiger charge is 2.21. The third kappa shape index (κ3) is 5.28. The Balaban J connectivity index is 2.41. The average Bonchev–Trinajstić information content (AvgIpc) is 2.58. The van der Waals surface area contributed by atoms with E-state index in [0.717, 1.165) is 12.1 Å². The van der Waals surface area contributed by atoms with E-state index in [1.54, 1.807) is 0 Å². The molecule has 0 fully saturated rings. The first-order chi connectivity index (χ1) is 12.7. The van der Waals surface area contributed by atoms with Crippen molar-refractivity contribution in [2.24, 2.45) is 0 Å². The highest BCUT2D eigenvalue weighted by atomic mass is 19.2. The van der Waals surface area contributed by atoms with Crippen LogP contribution in [0.2, 0.25) is 0 Å². The van der Waals surface area contributed by atoms with Crippen molar-refractivity contribution in [2.75, 3.05) is 0 Å². The second kappa shape index (κ2) is 8.97. The predicted molar refractivity (Wildman–Crippen MR) is 91.7 cm³/mol. The molecule has 2 rings (SSSR count). The Labute approximate surface area is 153 Å². The summed E-state index contributed by atoms with van der Waals surface area (Å²) in [5, 5.41) is 9.37. The van der Waals surface area contributed by atoms with Gasteiger partial charge >= 0.3 is 5.97 Å². The summed E-state index contributed by atoms with van der Waals surface area (Å²) in [6.07, 6.45) is -2.36. The van der Waals surface area contributed by atoms with Gasteiger partial charge in [-0.25, -0.2) is 26.7 Å². The molecule has 2 nitrogen and oxygen atoms in total. The first-order valence-electron chi connectivity index (χ1n) is 8.49. The van der Waals surface area contributed by atoms with Gasteiger partial charge in [0.1, 0.15) is 6.17 Å².